The monoisotopic (exact) mass is 417 g/mol. The van der Waals surface area contributed by atoms with Crippen LogP contribution in [0.25, 0.3) is 11.3 Å². The van der Waals surface area contributed by atoms with Crippen molar-refractivity contribution in [3.63, 3.8) is 0 Å². The van der Waals surface area contributed by atoms with Crippen molar-refractivity contribution < 1.29 is 4.74 Å². The number of aromatic nitrogens is 2. The summed E-state index contributed by atoms with van der Waals surface area (Å²) >= 11 is 0. The number of nitrogen functional groups attached to an aromatic ring is 1. The van der Waals surface area contributed by atoms with Gasteiger partial charge in [-0.1, -0.05) is 29.3 Å². The highest BCUT2D eigenvalue weighted by atomic mass is 16.5. The smallest absolute Gasteiger partial charge is 0.222 e. The minimum atomic E-state index is 0.259. The summed E-state index contributed by atoms with van der Waals surface area (Å²) in [5.41, 5.74) is 11.6. The lowest BCUT2D eigenvalue weighted by Gasteiger charge is -2.28. The Balaban J connectivity index is 1.57. The van der Waals surface area contributed by atoms with E-state index in [9.17, 15) is 0 Å². The largest absolute Gasteiger partial charge is 0.497 e. The van der Waals surface area contributed by atoms with Gasteiger partial charge in [-0.2, -0.15) is 4.98 Å². The molecule has 2 aromatic carbocycles. The van der Waals surface area contributed by atoms with Gasteiger partial charge in [-0.25, -0.2) is 4.98 Å². The first-order valence-corrected chi connectivity index (χ1v) is 10.9. The summed E-state index contributed by atoms with van der Waals surface area (Å²) in [5.74, 6) is 1.90. The van der Waals surface area contributed by atoms with Crippen molar-refractivity contribution in [2.45, 2.75) is 32.7 Å². The Morgan fingerprint density at radius 3 is 2.32 bits per heavy atom. The number of likely N-dealkylation sites (tertiary alicyclic amines) is 1. The number of aryl methyl sites for hydroxylation is 2. The summed E-state index contributed by atoms with van der Waals surface area (Å²) in [5, 5.41) is 3.52. The third-order valence-corrected chi connectivity index (χ3v) is 5.82. The number of methoxy groups -OCH3 is 1. The molecule has 0 radical (unpaired) electrons. The van der Waals surface area contributed by atoms with Gasteiger partial charge in [0.05, 0.1) is 18.8 Å². The minimum absolute atomic E-state index is 0.259. The summed E-state index contributed by atoms with van der Waals surface area (Å²) in [7, 11) is 1.70. The van der Waals surface area contributed by atoms with Gasteiger partial charge in [-0.15, -0.1) is 0 Å². The number of anilines is 2. The molecule has 162 valence electrons. The predicted molar refractivity (Wildman–Crippen MR) is 126 cm³/mol. The first-order chi connectivity index (χ1) is 15.0. The number of hydrogen-bond donors (Lipinski definition) is 2. The van der Waals surface area contributed by atoms with E-state index in [4.69, 9.17) is 10.5 Å². The normalized spacial score (nSPS) is 15.1. The van der Waals surface area contributed by atoms with Gasteiger partial charge >= 0.3 is 0 Å². The van der Waals surface area contributed by atoms with Crippen molar-refractivity contribution in [1.29, 1.82) is 0 Å². The second kappa shape index (κ2) is 9.35. The van der Waals surface area contributed by atoms with Crippen LogP contribution in [-0.4, -0.2) is 41.6 Å². The molecule has 0 saturated carbocycles. The van der Waals surface area contributed by atoms with Crippen molar-refractivity contribution in [2.75, 3.05) is 37.8 Å². The van der Waals surface area contributed by atoms with Crippen LogP contribution in [-0.2, 0) is 0 Å². The van der Waals surface area contributed by atoms with Gasteiger partial charge < -0.3 is 15.8 Å². The Labute approximate surface area is 184 Å². The van der Waals surface area contributed by atoms with E-state index >= 15 is 0 Å². The Kier molecular flexibility index (Phi) is 6.37. The molecule has 1 aliphatic heterocycles. The molecular weight excluding hydrogens is 386 g/mol. The molecule has 0 spiro atoms. The van der Waals surface area contributed by atoms with Crippen LogP contribution >= 0.6 is 0 Å². The quantitative estimate of drug-likeness (QED) is 0.585. The second-order valence-corrected chi connectivity index (χ2v) is 8.29. The van der Waals surface area contributed by atoms with E-state index in [0.717, 1.165) is 42.5 Å². The fraction of sp³-hybridized carbons (Fsp3) is 0.360. The van der Waals surface area contributed by atoms with Crippen LogP contribution in [0, 0.1) is 13.8 Å². The molecule has 4 rings (SSSR count). The highest BCUT2D eigenvalue weighted by Crippen LogP contribution is 2.28. The molecule has 2 heterocycles. The average Bonchev–Trinajstić information content (AvgIpc) is 3.28. The molecule has 6 heteroatoms. The van der Waals surface area contributed by atoms with Crippen molar-refractivity contribution in [3.05, 3.63) is 65.2 Å². The van der Waals surface area contributed by atoms with Gasteiger partial charge in [-0.3, -0.25) is 4.90 Å². The number of hydrogen-bond acceptors (Lipinski definition) is 6. The maximum absolute atomic E-state index is 6.06. The van der Waals surface area contributed by atoms with Crippen LogP contribution in [0.2, 0.25) is 0 Å². The van der Waals surface area contributed by atoms with E-state index < -0.39 is 0 Å². The molecule has 1 aliphatic rings. The molecule has 1 fully saturated rings. The first kappa shape index (κ1) is 21.1. The highest BCUT2D eigenvalue weighted by Gasteiger charge is 2.23. The number of nitrogens with zero attached hydrogens (tertiary/aromatic N) is 3. The van der Waals surface area contributed by atoms with Gasteiger partial charge in [0, 0.05) is 18.2 Å². The molecule has 1 unspecified atom stereocenters. The number of rotatable bonds is 7. The summed E-state index contributed by atoms with van der Waals surface area (Å²) in [4.78, 5) is 11.4. The molecule has 0 amide bonds. The van der Waals surface area contributed by atoms with E-state index in [2.05, 4.69) is 64.4 Å². The summed E-state index contributed by atoms with van der Waals surface area (Å²) in [6.45, 7) is 7.15. The molecule has 0 bridgehead atoms. The minimum Gasteiger partial charge on any atom is -0.497 e. The second-order valence-electron chi connectivity index (χ2n) is 8.29. The lowest BCUT2D eigenvalue weighted by atomic mass is 10.0. The van der Waals surface area contributed by atoms with E-state index in [1.54, 1.807) is 7.11 Å². The van der Waals surface area contributed by atoms with Gasteiger partial charge in [0.1, 0.15) is 11.6 Å². The summed E-state index contributed by atoms with van der Waals surface area (Å²) in [6, 6.07) is 17.0. The first-order valence-electron chi connectivity index (χ1n) is 10.9. The number of nitrogens with one attached hydrogen (secondary N) is 1. The van der Waals surface area contributed by atoms with Crippen LogP contribution in [0.15, 0.2) is 48.5 Å². The molecule has 3 aromatic rings. The molecule has 6 nitrogen and oxygen atoms in total. The number of ether oxygens (including phenoxy) is 1. The SMILES string of the molecule is COc1ccc(C(CNc2cc(-c3cc(C)cc(C)c3)nc(N)n2)N2CCCC2)cc1. The zero-order valence-corrected chi connectivity index (χ0v) is 18.6. The van der Waals surface area contributed by atoms with E-state index in [1.807, 2.05) is 18.2 Å². The zero-order chi connectivity index (χ0) is 21.8. The van der Waals surface area contributed by atoms with Crippen LogP contribution in [0.4, 0.5) is 11.8 Å². The molecular formula is C25H31N5O. The van der Waals surface area contributed by atoms with E-state index in [1.165, 1.54) is 29.5 Å². The molecule has 3 N–H and O–H groups in total. The lowest BCUT2D eigenvalue weighted by Crippen LogP contribution is -2.31. The Bertz CT molecular complexity index is 1010. The Morgan fingerprint density at radius 2 is 1.68 bits per heavy atom. The van der Waals surface area contributed by atoms with Gasteiger partial charge in [0.25, 0.3) is 0 Å². The lowest BCUT2D eigenvalue weighted by molar-refractivity contribution is 0.255. The number of benzene rings is 2. The van der Waals surface area contributed by atoms with Crippen LogP contribution < -0.4 is 15.8 Å². The highest BCUT2D eigenvalue weighted by molar-refractivity contribution is 5.65. The molecule has 1 aromatic heterocycles. The van der Waals surface area contributed by atoms with Crippen molar-refractivity contribution in [2.24, 2.45) is 0 Å². The summed E-state index contributed by atoms with van der Waals surface area (Å²) in [6.07, 6.45) is 2.48. The van der Waals surface area contributed by atoms with Crippen molar-refractivity contribution in [3.8, 4) is 17.0 Å². The zero-order valence-electron chi connectivity index (χ0n) is 18.6. The van der Waals surface area contributed by atoms with Crippen LogP contribution in [0.1, 0.15) is 35.6 Å². The van der Waals surface area contributed by atoms with Crippen molar-refractivity contribution in [1.82, 2.24) is 14.9 Å². The maximum atomic E-state index is 6.06. The van der Waals surface area contributed by atoms with Gasteiger partial charge in [-0.05, 0) is 69.6 Å². The Hall–Kier alpha value is -3.12. The molecule has 1 atom stereocenters. The van der Waals surface area contributed by atoms with Gasteiger partial charge in [0.15, 0.2) is 0 Å². The third kappa shape index (κ3) is 5.14. The predicted octanol–water partition coefficient (Wildman–Crippen LogP) is 4.60. The van der Waals surface area contributed by atoms with Crippen LogP contribution in [0.5, 0.6) is 5.75 Å². The fourth-order valence-electron chi connectivity index (χ4n) is 4.37. The third-order valence-electron chi connectivity index (χ3n) is 5.82. The topological polar surface area (TPSA) is 76.3 Å². The molecule has 31 heavy (non-hydrogen) atoms. The number of nitrogens with two attached hydrogens (primary N) is 1. The fourth-order valence-corrected chi connectivity index (χ4v) is 4.37. The summed E-state index contributed by atoms with van der Waals surface area (Å²) < 4.78 is 5.33. The van der Waals surface area contributed by atoms with E-state index in [-0.39, 0.29) is 12.0 Å². The van der Waals surface area contributed by atoms with Gasteiger partial charge in [0.2, 0.25) is 5.95 Å². The standard InChI is InChI=1S/C25H31N5O/c1-17-12-18(2)14-20(13-17)22-15-24(29-25(26)28-22)27-16-23(30-10-4-5-11-30)19-6-8-21(31-3)9-7-19/h6-9,12-15,23H,4-5,10-11,16H2,1-3H3,(H3,26,27,28,29). The Morgan fingerprint density at radius 1 is 1.00 bits per heavy atom. The van der Waals surface area contributed by atoms with Crippen LogP contribution in [0.3, 0.4) is 0 Å². The van der Waals surface area contributed by atoms with Crippen molar-refractivity contribution >= 4 is 11.8 Å². The average molecular weight is 418 g/mol. The van der Waals surface area contributed by atoms with E-state index in [0.29, 0.717) is 0 Å². The molecule has 1 saturated heterocycles. The maximum Gasteiger partial charge on any atom is 0.222 e. The molecule has 0 aliphatic carbocycles.